The van der Waals surface area contributed by atoms with E-state index in [1.165, 1.54) is 0 Å². The van der Waals surface area contributed by atoms with Gasteiger partial charge in [0.15, 0.2) is 0 Å². The predicted octanol–water partition coefficient (Wildman–Crippen LogP) is 2.27. The van der Waals surface area contributed by atoms with Crippen LogP contribution in [0.3, 0.4) is 0 Å². The molecule has 4 nitrogen and oxygen atoms in total. The zero-order valence-electron chi connectivity index (χ0n) is 12.9. The molecule has 0 spiro atoms. The molecule has 1 fully saturated rings. The van der Waals surface area contributed by atoms with Crippen molar-refractivity contribution < 1.29 is 4.79 Å². The molecule has 21 heavy (non-hydrogen) atoms. The average molecular weight is 312 g/mol. The quantitative estimate of drug-likeness (QED) is 0.928. The molecule has 0 bridgehead atoms. The number of carbonyl (C=O) groups excluding carboxylic acids is 1. The van der Waals surface area contributed by atoms with Crippen LogP contribution >= 0.6 is 12.4 Å². The summed E-state index contributed by atoms with van der Waals surface area (Å²) in [6.07, 6.45) is 2.15. The molecule has 2 rings (SSSR count). The van der Waals surface area contributed by atoms with Crippen molar-refractivity contribution >= 4 is 24.0 Å². The summed E-state index contributed by atoms with van der Waals surface area (Å²) < 4.78 is 0. The van der Waals surface area contributed by atoms with Crippen molar-refractivity contribution in [3.8, 4) is 0 Å². The molecule has 0 saturated carbocycles. The van der Waals surface area contributed by atoms with E-state index in [-0.39, 0.29) is 30.4 Å². The van der Waals surface area contributed by atoms with Crippen molar-refractivity contribution in [2.24, 2.45) is 5.73 Å². The summed E-state index contributed by atoms with van der Waals surface area (Å²) >= 11 is 0. The fourth-order valence-electron chi connectivity index (χ4n) is 2.82. The smallest absolute Gasteiger partial charge is 0.241 e. The fourth-order valence-corrected chi connectivity index (χ4v) is 2.82. The minimum Gasteiger partial charge on any atom is -0.327 e. The Bertz CT molecular complexity index is 438. The van der Waals surface area contributed by atoms with Gasteiger partial charge in [-0.3, -0.25) is 9.69 Å². The molecular weight excluding hydrogens is 286 g/mol. The highest BCUT2D eigenvalue weighted by Crippen LogP contribution is 2.17. The molecule has 5 heteroatoms. The molecule has 1 unspecified atom stereocenters. The molecule has 1 saturated heterocycles. The maximum Gasteiger partial charge on any atom is 0.241 e. The van der Waals surface area contributed by atoms with Crippen LogP contribution in [0, 0.1) is 0 Å². The molecular formula is C16H26ClN3O. The summed E-state index contributed by atoms with van der Waals surface area (Å²) in [5.41, 5.74) is 6.95. The van der Waals surface area contributed by atoms with E-state index in [0.717, 1.165) is 31.6 Å². The molecule has 1 aliphatic heterocycles. The van der Waals surface area contributed by atoms with Crippen LogP contribution in [0.5, 0.6) is 0 Å². The number of para-hydroxylation sites is 1. The van der Waals surface area contributed by atoms with Gasteiger partial charge in [-0.25, -0.2) is 0 Å². The van der Waals surface area contributed by atoms with Gasteiger partial charge in [0.25, 0.3) is 0 Å². The van der Waals surface area contributed by atoms with Crippen LogP contribution in [-0.4, -0.2) is 42.5 Å². The van der Waals surface area contributed by atoms with Gasteiger partial charge in [-0.15, -0.1) is 12.4 Å². The van der Waals surface area contributed by atoms with Crippen LogP contribution in [0.15, 0.2) is 30.3 Å². The number of anilines is 1. The zero-order chi connectivity index (χ0) is 14.5. The third-order valence-electron chi connectivity index (χ3n) is 3.72. The second kappa shape index (κ2) is 8.37. The van der Waals surface area contributed by atoms with E-state index in [4.69, 9.17) is 5.73 Å². The molecule has 0 aromatic heterocycles. The highest BCUT2D eigenvalue weighted by Gasteiger charge is 2.24. The monoisotopic (exact) mass is 311 g/mol. The van der Waals surface area contributed by atoms with Gasteiger partial charge in [0.05, 0.1) is 6.54 Å². The number of piperidine rings is 1. The van der Waals surface area contributed by atoms with Gasteiger partial charge >= 0.3 is 0 Å². The second-order valence-corrected chi connectivity index (χ2v) is 5.83. The minimum absolute atomic E-state index is 0. The highest BCUT2D eigenvalue weighted by molar-refractivity contribution is 5.95. The van der Waals surface area contributed by atoms with E-state index < -0.39 is 0 Å². The molecule has 1 aromatic carbocycles. The van der Waals surface area contributed by atoms with Gasteiger partial charge < -0.3 is 10.6 Å². The van der Waals surface area contributed by atoms with Crippen molar-refractivity contribution in [2.45, 2.75) is 38.8 Å². The highest BCUT2D eigenvalue weighted by atomic mass is 35.5. The van der Waals surface area contributed by atoms with Crippen LogP contribution in [0.25, 0.3) is 0 Å². The van der Waals surface area contributed by atoms with E-state index in [1.807, 2.05) is 49.1 Å². The molecule has 1 aliphatic rings. The normalized spacial score (nSPS) is 19.1. The number of benzene rings is 1. The Labute approximate surface area is 133 Å². The van der Waals surface area contributed by atoms with E-state index >= 15 is 0 Å². The number of likely N-dealkylation sites (tertiary alicyclic amines) is 1. The van der Waals surface area contributed by atoms with Gasteiger partial charge in [-0.05, 0) is 45.4 Å². The Kier molecular flexibility index (Phi) is 7.15. The lowest BCUT2D eigenvalue weighted by Crippen LogP contribution is -2.49. The standard InChI is InChI=1S/C16H25N3O.ClH/c1-13(2)19(15-8-4-3-5-9-15)16(20)12-18-10-6-7-14(17)11-18;/h3-5,8-9,13-14H,6-7,10-12,17H2,1-2H3;1H. The summed E-state index contributed by atoms with van der Waals surface area (Å²) in [5.74, 6) is 0.153. The Morgan fingerprint density at radius 3 is 2.62 bits per heavy atom. The molecule has 0 radical (unpaired) electrons. The van der Waals surface area contributed by atoms with E-state index in [2.05, 4.69) is 4.90 Å². The van der Waals surface area contributed by atoms with Crippen molar-refractivity contribution in [3.63, 3.8) is 0 Å². The first-order valence-corrected chi connectivity index (χ1v) is 7.43. The van der Waals surface area contributed by atoms with Crippen LogP contribution in [0.2, 0.25) is 0 Å². The van der Waals surface area contributed by atoms with Crippen molar-refractivity contribution in [2.75, 3.05) is 24.5 Å². The summed E-state index contributed by atoms with van der Waals surface area (Å²) in [6.45, 7) is 6.35. The summed E-state index contributed by atoms with van der Waals surface area (Å²) in [7, 11) is 0. The molecule has 1 atom stereocenters. The van der Waals surface area contributed by atoms with Crippen molar-refractivity contribution in [1.82, 2.24) is 4.90 Å². The Morgan fingerprint density at radius 1 is 1.38 bits per heavy atom. The maximum atomic E-state index is 12.6. The molecule has 2 N–H and O–H groups in total. The number of nitrogens with zero attached hydrogens (tertiary/aromatic N) is 2. The van der Waals surface area contributed by atoms with Crippen LogP contribution in [0.1, 0.15) is 26.7 Å². The zero-order valence-corrected chi connectivity index (χ0v) is 13.7. The first-order chi connectivity index (χ1) is 9.58. The Balaban J connectivity index is 0.00000220. The lowest BCUT2D eigenvalue weighted by molar-refractivity contribution is -0.120. The number of halogens is 1. The van der Waals surface area contributed by atoms with Crippen LogP contribution < -0.4 is 10.6 Å². The van der Waals surface area contributed by atoms with Gasteiger partial charge in [-0.2, -0.15) is 0 Å². The third kappa shape index (κ3) is 4.99. The van der Waals surface area contributed by atoms with Crippen LogP contribution in [0.4, 0.5) is 5.69 Å². The van der Waals surface area contributed by atoms with E-state index in [9.17, 15) is 4.79 Å². The number of hydrogen-bond donors (Lipinski definition) is 1. The number of carbonyl (C=O) groups is 1. The Hall–Kier alpha value is -1.10. The maximum absolute atomic E-state index is 12.6. The first-order valence-electron chi connectivity index (χ1n) is 7.43. The van der Waals surface area contributed by atoms with Crippen molar-refractivity contribution in [3.05, 3.63) is 30.3 Å². The second-order valence-electron chi connectivity index (χ2n) is 5.83. The lowest BCUT2D eigenvalue weighted by Gasteiger charge is -2.33. The first kappa shape index (κ1) is 18.0. The number of nitrogens with two attached hydrogens (primary N) is 1. The summed E-state index contributed by atoms with van der Waals surface area (Å²) in [6, 6.07) is 10.2. The largest absolute Gasteiger partial charge is 0.327 e. The van der Waals surface area contributed by atoms with Gasteiger partial charge in [0.2, 0.25) is 5.91 Å². The number of hydrogen-bond acceptors (Lipinski definition) is 3. The van der Waals surface area contributed by atoms with E-state index in [1.54, 1.807) is 0 Å². The SMILES string of the molecule is CC(C)N(C(=O)CN1CCCC(N)C1)c1ccccc1.Cl. The average Bonchev–Trinajstić information content (AvgIpc) is 2.39. The van der Waals surface area contributed by atoms with Gasteiger partial charge in [0.1, 0.15) is 0 Å². The van der Waals surface area contributed by atoms with E-state index in [0.29, 0.717) is 6.54 Å². The lowest BCUT2D eigenvalue weighted by atomic mass is 10.1. The predicted molar refractivity (Wildman–Crippen MR) is 90.0 cm³/mol. The van der Waals surface area contributed by atoms with Gasteiger partial charge in [0, 0.05) is 24.3 Å². The molecule has 1 aromatic rings. The minimum atomic E-state index is 0. The molecule has 0 aliphatic carbocycles. The third-order valence-corrected chi connectivity index (χ3v) is 3.72. The summed E-state index contributed by atoms with van der Waals surface area (Å²) in [4.78, 5) is 16.7. The number of amides is 1. The fraction of sp³-hybridized carbons (Fsp3) is 0.562. The van der Waals surface area contributed by atoms with Crippen molar-refractivity contribution in [1.29, 1.82) is 0 Å². The van der Waals surface area contributed by atoms with Crippen LogP contribution in [-0.2, 0) is 4.79 Å². The molecule has 1 heterocycles. The summed E-state index contributed by atoms with van der Waals surface area (Å²) in [5, 5.41) is 0. The van der Waals surface area contributed by atoms with Gasteiger partial charge in [-0.1, -0.05) is 18.2 Å². The molecule has 118 valence electrons. The Morgan fingerprint density at radius 2 is 2.05 bits per heavy atom. The topological polar surface area (TPSA) is 49.6 Å². The molecule has 1 amide bonds. The number of rotatable bonds is 4.